The summed E-state index contributed by atoms with van der Waals surface area (Å²) in [5.41, 5.74) is 7.06. The molecule has 0 bridgehead atoms. The van der Waals surface area contributed by atoms with Crippen LogP contribution in [0.2, 0.25) is 5.02 Å². The SMILES string of the molecule is Nc1cc(Cl)cc2[nH]c(COCC(F)(F)F)nc12. The van der Waals surface area contributed by atoms with Crippen molar-refractivity contribution in [1.29, 1.82) is 0 Å². The van der Waals surface area contributed by atoms with Crippen LogP contribution in [-0.2, 0) is 11.3 Å². The van der Waals surface area contributed by atoms with E-state index < -0.39 is 12.8 Å². The van der Waals surface area contributed by atoms with Gasteiger partial charge in [-0.15, -0.1) is 0 Å². The Morgan fingerprint density at radius 1 is 1.39 bits per heavy atom. The minimum Gasteiger partial charge on any atom is -0.397 e. The first kappa shape index (κ1) is 13.0. The highest BCUT2D eigenvalue weighted by Crippen LogP contribution is 2.24. The number of fused-ring (bicyclic) bond motifs is 1. The first-order valence-corrected chi connectivity index (χ1v) is 5.31. The molecule has 0 spiro atoms. The van der Waals surface area contributed by atoms with E-state index in [-0.39, 0.29) is 12.4 Å². The molecule has 4 nitrogen and oxygen atoms in total. The normalized spacial score (nSPS) is 12.2. The molecule has 0 aliphatic carbocycles. The van der Waals surface area contributed by atoms with E-state index in [9.17, 15) is 13.2 Å². The molecule has 2 aromatic rings. The Kier molecular flexibility index (Phi) is 3.36. The van der Waals surface area contributed by atoms with Gasteiger partial charge in [0.25, 0.3) is 0 Å². The van der Waals surface area contributed by atoms with Gasteiger partial charge in [-0.1, -0.05) is 11.6 Å². The Bertz CT molecular complexity index is 567. The van der Waals surface area contributed by atoms with Crippen LogP contribution >= 0.6 is 11.6 Å². The number of aromatic nitrogens is 2. The van der Waals surface area contributed by atoms with E-state index in [4.69, 9.17) is 17.3 Å². The van der Waals surface area contributed by atoms with E-state index in [2.05, 4.69) is 14.7 Å². The molecule has 0 fully saturated rings. The van der Waals surface area contributed by atoms with Gasteiger partial charge in [0.1, 0.15) is 24.6 Å². The summed E-state index contributed by atoms with van der Waals surface area (Å²) in [6.45, 7) is -1.59. The van der Waals surface area contributed by atoms with Gasteiger partial charge in [-0.2, -0.15) is 13.2 Å². The number of halogens is 4. The number of aromatic amines is 1. The van der Waals surface area contributed by atoms with Gasteiger partial charge in [-0.3, -0.25) is 0 Å². The largest absolute Gasteiger partial charge is 0.411 e. The highest BCUT2D eigenvalue weighted by Gasteiger charge is 2.27. The van der Waals surface area contributed by atoms with E-state index in [1.54, 1.807) is 6.07 Å². The van der Waals surface area contributed by atoms with Crippen molar-refractivity contribution in [2.45, 2.75) is 12.8 Å². The van der Waals surface area contributed by atoms with Crippen molar-refractivity contribution >= 4 is 28.3 Å². The fraction of sp³-hybridized carbons (Fsp3) is 0.300. The van der Waals surface area contributed by atoms with Gasteiger partial charge in [0.15, 0.2) is 0 Å². The predicted octanol–water partition coefficient (Wildman–Crippen LogP) is 2.88. The average molecular weight is 280 g/mol. The van der Waals surface area contributed by atoms with Crippen LogP contribution in [0, 0.1) is 0 Å². The smallest absolute Gasteiger partial charge is 0.397 e. The molecule has 8 heteroatoms. The summed E-state index contributed by atoms with van der Waals surface area (Å²) >= 11 is 5.79. The second kappa shape index (κ2) is 4.66. The van der Waals surface area contributed by atoms with Crippen LogP contribution in [0.1, 0.15) is 5.82 Å². The monoisotopic (exact) mass is 279 g/mol. The van der Waals surface area contributed by atoms with Crippen LogP contribution < -0.4 is 5.73 Å². The fourth-order valence-electron chi connectivity index (χ4n) is 1.49. The molecule has 1 heterocycles. The van der Waals surface area contributed by atoms with Gasteiger partial charge in [0, 0.05) is 5.02 Å². The van der Waals surface area contributed by atoms with Crippen molar-refractivity contribution in [3.05, 3.63) is 23.0 Å². The zero-order chi connectivity index (χ0) is 13.3. The number of rotatable bonds is 3. The maximum atomic E-state index is 11.9. The number of anilines is 1. The third-order valence-corrected chi connectivity index (χ3v) is 2.35. The maximum Gasteiger partial charge on any atom is 0.411 e. The molecule has 0 radical (unpaired) electrons. The van der Waals surface area contributed by atoms with Gasteiger partial charge in [0.2, 0.25) is 0 Å². The van der Waals surface area contributed by atoms with Crippen LogP contribution in [0.15, 0.2) is 12.1 Å². The van der Waals surface area contributed by atoms with E-state index in [1.165, 1.54) is 6.07 Å². The lowest BCUT2D eigenvalue weighted by Crippen LogP contribution is -2.16. The highest BCUT2D eigenvalue weighted by molar-refractivity contribution is 6.31. The second-order valence-electron chi connectivity index (χ2n) is 3.68. The zero-order valence-corrected chi connectivity index (χ0v) is 9.77. The minimum absolute atomic E-state index is 0.267. The summed E-state index contributed by atoms with van der Waals surface area (Å²) in [5, 5.41) is 0.423. The number of alkyl halides is 3. The molecule has 2 rings (SSSR count). The molecule has 0 unspecified atom stereocenters. The number of imidazole rings is 1. The van der Waals surface area contributed by atoms with E-state index >= 15 is 0 Å². The predicted molar refractivity (Wildman–Crippen MR) is 61.2 cm³/mol. The van der Waals surface area contributed by atoms with Crippen molar-refractivity contribution in [2.24, 2.45) is 0 Å². The Morgan fingerprint density at radius 2 is 2.11 bits per heavy atom. The molecule has 0 atom stereocenters. The molecular formula is C10H9ClF3N3O. The summed E-state index contributed by atoms with van der Waals surface area (Å²) in [6, 6.07) is 3.11. The lowest BCUT2D eigenvalue weighted by molar-refractivity contribution is -0.177. The van der Waals surface area contributed by atoms with Crippen molar-refractivity contribution in [1.82, 2.24) is 9.97 Å². The van der Waals surface area contributed by atoms with Crippen molar-refractivity contribution in [3.8, 4) is 0 Å². The zero-order valence-electron chi connectivity index (χ0n) is 9.01. The summed E-state index contributed by atoms with van der Waals surface area (Å²) in [6.07, 6.45) is -4.35. The number of nitrogens with one attached hydrogen (secondary N) is 1. The summed E-state index contributed by atoms with van der Waals surface area (Å²) < 4.78 is 40.2. The van der Waals surface area contributed by atoms with E-state index in [0.717, 1.165) is 0 Å². The Balaban J connectivity index is 2.13. The fourth-order valence-corrected chi connectivity index (χ4v) is 1.72. The van der Waals surface area contributed by atoms with Gasteiger partial charge in [-0.05, 0) is 12.1 Å². The summed E-state index contributed by atoms with van der Waals surface area (Å²) in [5.74, 6) is 0.267. The average Bonchev–Trinajstić information content (AvgIpc) is 2.58. The molecule has 0 saturated carbocycles. The quantitative estimate of drug-likeness (QED) is 0.849. The van der Waals surface area contributed by atoms with Gasteiger partial charge in [-0.25, -0.2) is 4.98 Å². The first-order valence-electron chi connectivity index (χ1n) is 4.93. The van der Waals surface area contributed by atoms with Gasteiger partial charge < -0.3 is 15.5 Å². The lowest BCUT2D eigenvalue weighted by atomic mass is 10.3. The molecule has 0 aliphatic rings. The number of hydrogen-bond acceptors (Lipinski definition) is 3. The van der Waals surface area contributed by atoms with Crippen LogP contribution in [0.4, 0.5) is 18.9 Å². The number of benzene rings is 1. The second-order valence-corrected chi connectivity index (χ2v) is 4.12. The molecule has 1 aromatic carbocycles. The summed E-state index contributed by atoms with van der Waals surface area (Å²) in [7, 11) is 0. The molecule has 98 valence electrons. The highest BCUT2D eigenvalue weighted by atomic mass is 35.5. The molecule has 0 amide bonds. The van der Waals surface area contributed by atoms with Crippen LogP contribution in [0.3, 0.4) is 0 Å². The molecule has 3 N–H and O–H groups in total. The maximum absolute atomic E-state index is 11.9. The third-order valence-electron chi connectivity index (χ3n) is 2.13. The minimum atomic E-state index is -4.35. The summed E-state index contributed by atoms with van der Waals surface area (Å²) in [4.78, 5) is 6.84. The topological polar surface area (TPSA) is 63.9 Å². The number of hydrogen-bond donors (Lipinski definition) is 2. The molecule has 1 aromatic heterocycles. The molecule has 18 heavy (non-hydrogen) atoms. The molecular weight excluding hydrogens is 271 g/mol. The van der Waals surface area contributed by atoms with Gasteiger partial charge in [0.05, 0.1) is 11.2 Å². The Labute approximate surface area is 105 Å². The lowest BCUT2D eigenvalue weighted by Gasteiger charge is -2.05. The van der Waals surface area contributed by atoms with E-state index in [0.29, 0.717) is 21.7 Å². The first-order chi connectivity index (χ1) is 8.35. The van der Waals surface area contributed by atoms with Crippen LogP contribution in [0.25, 0.3) is 11.0 Å². The van der Waals surface area contributed by atoms with Crippen molar-refractivity contribution in [3.63, 3.8) is 0 Å². The number of ether oxygens (including phenoxy) is 1. The molecule has 0 aliphatic heterocycles. The van der Waals surface area contributed by atoms with Crippen molar-refractivity contribution in [2.75, 3.05) is 12.3 Å². The number of nitrogen functional groups attached to an aromatic ring is 1. The Morgan fingerprint density at radius 3 is 2.78 bits per heavy atom. The van der Waals surface area contributed by atoms with Crippen LogP contribution in [-0.4, -0.2) is 22.8 Å². The molecule has 0 saturated heterocycles. The van der Waals surface area contributed by atoms with E-state index in [1.807, 2.05) is 0 Å². The van der Waals surface area contributed by atoms with Gasteiger partial charge >= 0.3 is 6.18 Å². The number of nitrogens with zero attached hydrogens (tertiary/aromatic N) is 1. The number of nitrogens with two attached hydrogens (primary N) is 1. The van der Waals surface area contributed by atoms with Crippen molar-refractivity contribution < 1.29 is 17.9 Å². The third kappa shape index (κ3) is 3.05. The van der Waals surface area contributed by atoms with Crippen LogP contribution in [0.5, 0.6) is 0 Å². The number of H-pyrrole nitrogens is 1. The Hall–Kier alpha value is -1.47. The standard InChI is InChI=1S/C10H9ClF3N3O/c11-5-1-6(15)9-7(2-5)16-8(17-9)3-18-4-10(12,13)14/h1-2H,3-4,15H2,(H,16,17).